The van der Waals surface area contributed by atoms with Gasteiger partial charge in [0.05, 0.1) is 16.4 Å². The maximum atomic E-state index is 13.6. The van der Waals surface area contributed by atoms with Gasteiger partial charge in [-0.25, -0.2) is 19.3 Å². The van der Waals surface area contributed by atoms with Crippen LogP contribution in [0.15, 0.2) is 61.1 Å². The second-order valence-corrected chi connectivity index (χ2v) is 6.31. The quantitative estimate of drug-likeness (QED) is 0.502. The Bertz CT molecular complexity index is 1250. The van der Waals surface area contributed by atoms with Crippen LogP contribution in [0.3, 0.4) is 0 Å². The maximum absolute atomic E-state index is 13.6. The Kier molecular flexibility index (Phi) is 3.39. The van der Waals surface area contributed by atoms with Crippen molar-refractivity contribution in [3.05, 3.63) is 66.9 Å². The molecule has 0 aliphatic heterocycles. The number of hydrogen-bond acceptors (Lipinski definition) is 4. The second-order valence-electron chi connectivity index (χ2n) is 6.31. The van der Waals surface area contributed by atoms with Gasteiger partial charge < -0.3 is 14.9 Å². The summed E-state index contributed by atoms with van der Waals surface area (Å²) in [5, 5.41) is 4.02. The first-order valence-corrected chi connectivity index (χ1v) is 8.47. The Hall–Kier alpha value is -3.74. The molecule has 0 bridgehead atoms. The van der Waals surface area contributed by atoms with E-state index in [1.165, 1.54) is 18.5 Å². The highest BCUT2D eigenvalue weighted by Gasteiger charge is 2.17. The summed E-state index contributed by atoms with van der Waals surface area (Å²) >= 11 is 0. The van der Waals surface area contributed by atoms with Crippen molar-refractivity contribution < 1.29 is 4.39 Å². The van der Waals surface area contributed by atoms with Crippen LogP contribution in [0.5, 0.6) is 0 Å². The molecular weight excluding hydrogens is 343 g/mol. The van der Waals surface area contributed by atoms with E-state index in [0.717, 1.165) is 33.5 Å². The number of aryl methyl sites for hydroxylation is 1. The van der Waals surface area contributed by atoms with Crippen molar-refractivity contribution in [1.82, 2.24) is 24.5 Å². The topological polar surface area (TPSA) is 71.4 Å². The first-order valence-electron chi connectivity index (χ1n) is 8.47. The Morgan fingerprint density at radius 3 is 2.81 bits per heavy atom. The van der Waals surface area contributed by atoms with Crippen LogP contribution in [-0.2, 0) is 7.05 Å². The largest absolute Gasteiger partial charge is 0.339 e. The van der Waals surface area contributed by atoms with Crippen molar-refractivity contribution in [2.75, 3.05) is 5.32 Å². The minimum atomic E-state index is -0.309. The fraction of sp³-hybridized carbons (Fsp3) is 0.0500. The molecule has 132 valence electrons. The van der Waals surface area contributed by atoms with Crippen LogP contribution in [0.1, 0.15) is 0 Å². The molecule has 0 aliphatic carbocycles. The van der Waals surface area contributed by atoms with Crippen molar-refractivity contribution >= 4 is 33.6 Å². The summed E-state index contributed by atoms with van der Waals surface area (Å²) in [5.41, 5.74) is 4.11. The number of aromatic nitrogens is 5. The number of rotatable bonds is 3. The number of halogens is 1. The van der Waals surface area contributed by atoms with Gasteiger partial charge in [-0.3, -0.25) is 0 Å². The van der Waals surface area contributed by atoms with Gasteiger partial charge in [-0.1, -0.05) is 18.2 Å². The first-order chi connectivity index (χ1) is 13.2. The molecule has 0 fully saturated rings. The van der Waals surface area contributed by atoms with Crippen molar-refractivity contribution in [2.45, 2.75) is 0 Å². The van der Waals surface area contributed by atoms with Gasteiger partial charge in [-0.15, -0.1) is 0 Å². The zero-order valence-corrected chi connectivity index (χ0v) is 14.4. The highest BCUT2D eigenvalue weighted by molar-refractivity contribution is 6.01. The first kappa shape index (κ1) is 15.5. The lowest BCUT2D eigenvalue weighted by molar-refractivity contribution is 0.628. The van der Waals surface area contributed by atoms with Crippen LogP contribution in [-0.4, -0.2) is 24.5 Å². The molecule has 0 saturated carbocycles. The lowest BCUT2D eigenvalue weighted by Crippen LogP contribution is -1.97. The van der Waals surface area contributed by atoms with Crippen LogP contribution in [0, 0.1) is 5.82 Å². The predicted octanol–water partition coefficient (Wildman–Crippen LogP) is 4.39. The molecule has 0 atom stereocenters. The molecule has 0 saturated heterocycles. The standard InChI is InChI=1S/C20H15FN6/c1-27-10-14(18-25-15-7-2-3-8-16(15)26-18)17-19(22-11-23-20(17)27)24-13-6-4-5-12(21)9-13/h2-11H,1H3,(H,25,26)(H,22,23,24). The van der Waals surface area contributed by atoms with E-state index >= 15 is 0 Å². The summed E-state index contributed by atoms with van der Waals surface area (Å²) in [4.78, 5) is 16.8. The normalized spacial score (nSPS) is 11.3. The Balaban J connectivity index is 1.71. The van der Waals surface area contributed by atoms with Crippen LogP contribution in [0.2, 0.25) is 0 Å². The number of nitrogens with zero attached hydrogens (tertiary/aromatic N) is 4. The Labute approximate surface area is 153 Å². The third kappa shape index (κ3) is 2.60. The number of hydrogen-bond donors (Lipinski definition) is 2. The van der Waals surface area contributed by atoms with E-state index in [-0.39, 0.29) is 5.82 Å². The fourth-order valence-corrected chi connectivity index (χ4v) is 3.27. The number of para-hydroxylation sites is 2. The van der Waals surface area contributed by atoms with E-state index in [9.17, 15) is 4.39 Å². The number of anilines is 2. The molecule has 2 aromatic carbocycles. The van der Waals surface area contributed by atoms with Gasteiger partial charge in [0.25, 0.3) is 0 Å². The van der Waals surface area contributed by atoms with Crippen molar-refractivity contribution in [3.8, 4) is 11.4 Å². The van der Waals surface area contributed by atoms with E-state index in [2.05, 4.69) is 20.3 Å². The molecule has 6 nitrogen and oxygen atoms in total. The number of fused-ring (bicyclic) bond motifs is 2. The second kappa shape index (κ2) is 5.91. The zero-order chi connectivity index (χ0) is 18.4. The van der Waals surface area contributed by atoms with Crippen molar-refractivity contribution in [3.63, 3.8) is 0 Å². The van der Waals surface area contributed by atoms with Crippen molar-refractivity contribution in [2.24, 2.45) is 7.05 Å². The molecule has 0 aliphatic rings. The minimum Gasteiger partial charge on any atom is -0.339 e. The fourth-order valence-electron chi connectivity index (χ4n) is 3.27. The Morgan fingerprint density at radius 1 is 1.07 bits per heavy atom. The number of imidazole rings is 1. The molecule has 0 radical (unpaired) electrons. The highest BCUT2D eigenvalue weighted by Crippen LogP contribution is 2.34. The molecule has 5 aromatic rings. The molecular formula is C20H15FN6. The van der Waals surface area contributed by atoms with Gasteiger partial charge in [-0.2, -0.15) is 0 Å². The molecule has 0 spiro atoms. The van der Waals surface area contributed by atoms with Crippen LogP contribution in [0.25, 0.3) is 33.5 Å². The average molecular weight is 358 g/mol. The number of benzene rings is 2. The summed E-state index contributed by atoms with van der Waals surface area (Å²) in [6.45, 7) is 0. The van der Waals surface area contributed by atoms with Crippen LogP contribution >= 0.6 is 0 Å². The number of aromatic amines is 1. The van der Waals surface area contributed by atoms with E-state index in [4.69, 9.17) is 4.98 Å². The van der Waals surface area contributed by atoms with Crippen molar-refractivity contribution in [1.29, 1.82) is 0 Å². The molecule has 3 aromatic heterocycles. The summed E-state index contributed by atoms with van der Waals surface area (Å²) < 4.78 is 15.5. The van der Waals surface area contributed by atoms with E-state index in [0.29, 0.717) is 11.5 Å². The lowest BCUT2D eigenvalue weighted by Gasteiger charge is -2.07. The van der Waals surface area contributed by atoms with Gasteiger partial charge in [0.2, 0.25) is 0 Å². The smallest absolute Gasteiger partial charge is 0.145 e. The monoisotopic (exact) mass is 358 g/mol. The molecule has 7 heteroatoms. The SMILES string of the molecule is Cn1cc(-c2nc3ccccc3[nH]2)c2c(Nc3cccc(F)c3)ncnc21. The van der Waals surface area contributed by atoms with E-state index < -0.39 is 0 Å². The molecule has 0 unspecified atom stereocenters. The summed E-state index contributed by atoms with van der Waals surface area (Å²) in [6.07, 6.45) is 3.46. The number of nitrogens with one attached hydrogen (secondary N) is 2. The average Bonchev–Trinajstić information content (AvgIpc) is 3.24. The summed E-state index contributed by atoms with van der Waals surface area (Å²) in [7, 11) is 1.92. The molecule has 3 heterocycles. The Morgan fingerprint density at radius 2 is 1.96 bits per heavy atom. The molecule has 0 amide bonds. The molecule has 2 N–H and O–H groups in total. The van der Waals surface area contributed by atoms with Gasteiger partial charge >= 0.3 is 0 Å². The van der Waals surface area contributed by atoms with Gasteiger partial charge in [0.15, 0.2) is 0 Å². The maximum Gasteiger partial charge on any atom is 0.145 e. The van der Waals surface area contributed by atoms with E-state index in [1.807, 2.05) is 42.1 Å². The third-order valence-electron chi connectivity index (χ3n) is 4.49. The predicted molar refractivity (Wildman–Crippen MR) is 103 cm³/mol. The lowest BCUT2D eigenvalue weighted by atomic mass is 10.2. The molecule has 5 rings (SSSR count). The third-order valence-corrected chi connectivity index (χ3v) is 4.49. The zero-order valence-electron chi connectivity index (χ0n) is 14.4. The van der Waals surface area contributed by atoms with Crippen LogP contribution < -0.4 is 5.32 Å². The van der Waals surface area contributed by atoms with E-state index in [1.54, 1.807) is 12.1 Å². The van der Waals surface area contributed by atoms with Gasteiger partial charge in [-0.05, 0) is 30.3 Å². The van der Waals surface area contributed by atoms with Crippen LogP contribution in [0.4, 0.5) is 15.9 Å². The summed E-state index contributed by atoms with van der Waals surface area (Å²) in [5.74, 6) is 1.02. The molecule has 27 heavy (non-hydrogen) atoms. The van der Waals surface area contributed by atoms with Gasteiger partial charge in [0, 0.05) is 24.5 Å². The highest BCUT2D eigenvalue weighted by atomic mass is 19.1. The van der Waals surface area contributed by atoms with Gasteiger partial charge in [0.1, 0.15) is 29.4 Å². The number of H-pyrrole nitrogens is 1. The summed E-state index contributed by atoms with van der Waals surface area (Å²) in [6, 6.07) is 14.1. The minimum absolute atomic E-state index is 0.309.